The van der Waals surface area contributed by atoms with Crippen LogP contribution in [0.4, 0.5) is 0 Å². The first-order chi connectivity index (χ1) is 6.77. The number of unbranched alkanes of at least 4 members (excludes halogenated alkanes) is 5. The Morgan fingerprint density at radius 1 is 1.14 bits per heavy atom. The second-order valence-electron chi connectivity index (χ2n) is 4.67. The Morgan fingerprint density at radius 3 is 2.50 bits per heavy atom. The summed E-state index contributed by atoms with van der Waals surface area (Å²) in [6.45, 7) is 4.04. The Bertz CT molecular complexity index is 141. The average Bonchev–Trinajstić information content (AvgIpc) is 2.59. The monoisotopic (exact) mass is 199 g/mol. The molecule has 0 saturated carbocycles. The molecule has 14 heavy (non-hydrogen) atoms. The standard InChI is InChI=1S/C12H25NO/c1-2-3-4-5-6-7-8-12(14)9-10-13-11-12/h13-14H,2-11H2,1H3. The van der Waals surface area contributed by atoms with Gasteiger partial charge in [0.2, 0.25) is 0 Å². The molecule has 1 heterocycles. The number of β-amino-alcohol motifs (C(OH)–C–C–N with tert-alkyl or cyclic N) is 1. The van der Waals surface area contributed by atoms with E-state index in [2.05, 4.69) is 12.2 Å². The zero-order valence-electron chi connectivity index (χ0n) is 9.52. The summed E-state index contributed by atoms with van der Waals surface area (Å²) in [7, 11) is 0. The summed E-state index contributed by atoms with van der Waals surface area (Å²) < 4.78 is 0. The minimum atomic E-state index is -0.370. The molecule has 0 aromatic rings. The van der Waals surface area contributed by atoms with Gasteiger partial charge in [-0.1, -0.05) is 45.4 Å². The lowest BCUT2D eigenvalue weighted by molar-refractivity contribution is 0.0495. The van der Waals surface area contributed by atoms with Crippen molar-refractivity contribution in [3.05, 3.63) is 0 Å². The topological polar surface area (TPSA) is 32.3 Å². The minimum absolute atomic E-state index is 0.370. The lowest BCUT2D eigenvalue weighted by Gasteiger charge is -2.20. The Kier molecular flexibility index (Phi) is 5.49. The van der Waals surface area contributed by atoms with Gasteiger partial charge in [-0.2, -0.15) is 0 Å². The van der Waals surface area contributed by atoms with Crippen molar-refractivity contribution in [2.24, 2.45) is 0 Å². The molecule has 0 aromatic heterocycles. The quantitative estimate of drug-likeness (QED) is 0.617. The molecule has 1 aliphatic heterocycles. The molecule has 0 bridgehead atoms. The van der Waals surface area contributed by atoms with Crippen molar-refractivity contribution in [3.63, 3.8) is 0 Å². The van der Waals surface area contributed by atoms with E-state index >= 15 is 0 Å². The molecule has 1 fully saturated rings. The maximum absolute atomic E-state index is 10.0. The fourth-order valence-electron chi connectivity index (χ4n) is 2.18. The van der Waals surface area contributed by atoms with Crippen LogP contribution in [-0.2, 0) is 0 Å². The van der Waals surface area contributed by atoms with Gasteiger partial charge in [-0.05, 0) is 19.4 Å². The molecule has 0 aliphatic carbocycles. The van der Waals surface area contributed by atoms with Crippen molar-refractivity contribution in [1.82, 2.24) is 5.32 Å². The second-order valence-corrected chi connectivity index (χ2v) is 4.67. The molecule has 1 aliphatic rings. The Morgan fingerprint density at radius 2 is 1.86 bits per heavy atom. The maximum atomic E-state index is 10.0. The van der Waals surface area contributed by atoms with Crippen molar-refractivity contribution < 1.29 is 5.11 Å². The van der Waals surface area contributed by atoms with E-state index in [9.17, 15) is 5.11 Å². The highest BCUT2D eigenvalue weighted by Crippen LogP contribution is 2.22. The number of hydrogen-bond donors (Lipinski definition) is 2. The highest BCUT2D eigenvalue weighted by molar-refractivity contribution is 4.87. The molecule has 0 aromatic carbocycles. The summed E-state index contributed by atoms with van der Waals surface area (Å²) in [5, 5.41) is 13.3. The van der Waals surface area contributed by atoms with E-state index in [1.165, 1.54) is 38.5 Å². The molecule has 1 atom stereocenters. The molecule has 2 nitrogen and oxygen atoms in total. The Balaban J connectivity index is 1.92. The fourth-order valence-corrected chi connectivity index (χ4v) is 2.18. The lowest BCUT2D eigenvalue weighted by Crippen LogP contribution is -2.30. The van der Waals surface area contributed by atoms with Gasteiger partial charge in [-0.3, -0.25) is 0 Å². The van der Waals surface area contributed by atoms with Crippen LogP contribution in [0.25, 0.3) is 0 Å². The van der Waals surface area contributed by atoms with Gasteiger partial charge in [0, 0.05) is 6.54 Å². The molecule has 1 saturated heterocycles. The molecule has 2 N–H and O–H groups in total. The van der Waals surface area contributed by atoms with Gasteiger partial charge in [0.25, 0.3) is 0 Å². The number of hydrogen-bond acceptors (Lipinski definition) is 2. The van der Waals surface area contributed by atoms with Crippen molar-refractivity contribution in [2.75, 3.05) is 13.1 Å². The normalized spacial score (nSPS) is 27.0. The van der Waals surface area contributed by atoms with Crippen molar-refractivity contribution in [1.29, 1.82) is 0 Å². The van der Waals surface area contributed by atoms with Crippen molar-refractivity contribution in [3.8, 4) is 0 Å². The van der Waals surface area contributed by atoms with Crippen LogP contribution >= 0.6 is 0 Å². The van der Waals surface area contributed by atoms with Gasteiger partial charge in [0.05, 0.1) is 5.60 Å². The molecule has 1 unspecified atom stereocenters. The first-order valence-corrected chi connectivity index (χ1v) is 6.20. The van der Waals surface area contributed by atoms with Gasteiger partial charge in [0.1, 0.15) is 0 Å². The van der Waals surface area contributed by atoms with Crippen LogP contribution in [0.3, 0.4) is 0 Å². The van der Waals surface area contributed by atoms with Crippen LogP contribution in [0, 0.1) is 0 Å². The van der Waals surface area contributed by atoms with Gasteiger partial charge in [0.15, 0.2) is 0 Å². The maximum Gasteiger partial charge on any atom is 0.0783 e. The van der Waals surface area contributed by atoms with Gasteiger partial charge in [-0.25, -0.2) is 0 Å². The van der Waals surface area contributed by atoms with Crippen LogP contribution in [-0.4, -0.2) is 23.8 Å². The van der Waals surface area contributed by atoms with E-state index < -0.39 is 0 Å². The summed E-state index contributed by atoms with van der Waals surface area (Å²) in [5.74, 6) is 0. The summed E-state index contributed by atoms with van der Waals surface area (Å²) in [4.78, 5) is 0. The van der Waals surface area contributed by atoms with E-state index in [0.717, 1.165) is 25.9 Å². The fraction of sp³-hybridized carbons (Fsp3) is 1.00. The second kappa shape index (κ2) is 6.41. The van der Waals surface area contributed by atoms with E-state index in [1.807, 2.05) is 0 Å². The molecule has 0 spiro atoms. The predicted molar refractivity (Wildman–Crippen MR) is 60.4 cm³/mol. The van der Waals surface area contributed by atoms with E-state index in [0.29, 0.717) is 0 Å². The van der Waals surface area contributed by atoms with Gasteiger partial charge >= 0.3 is 0 Å². The molecular weight excluding hydrogens is 174 g/mol. The molecular formula is C12H25NO. The van der Waals surface area contributed by atoms with E-state index in [-0.39, 0.29) is 5.60 Å². The van der Waals surface area contributed by atoms with E-state index in [1.54, 1.807) is 0 Å². The summed E-state index contributed by atoms with van der Waals surface area (Å²) in [5.41, 5.74) is -0.370. The number of nitrogens with one attached hydrogen (secondary N) is 1. The lowest BCUT2D eigenvalue weighted by atomic mass is 9.95. The SMILES string of the molecule is CCCCCCCCC1(O)CCNC1. The van der Waals surface area contributed by atoms with Crippen LogP contribution < -0.4 is 5.32 Å². The number of rotatable bonds is 7. The third-order valence-corrected chi connectivity index (χ3v) is 3.22. The third-order valence-electron chi connectivity index (χ3n) is 3.22. The average molecular weight is 199 g/mol. The highest BCUT2D eigenvalue weighted by atomic mass is 16.3. The third kappa shape index (κ3) is 4.43. The first kappa shape index (κ1) is 12.0. The van der Waals surface area contributed by atoms with Gasteiger partial charge in [-0.15, -0.1) is 0 Å². The molecule has 2 heteroatoms. The van der Waals surface area contributed by atoms with Gasteiger partial charge < -0.3 is 10.4 Å². The van der Waals surface area contributed by atoms with Crippen LogP contribution in [0.15, 0.2) is 0 Å². The Hall–Kier alpha value is -0.0800. The van der Waals surface area contributed by atoms with Crippen LogP contribution in [0.5, 0.6) is 0 Å². The largest absolute Gasteiger partial charge is 0.389 e. The molecule has 1 rings (SSSR count). The smallest absolute Gasteiger partial charge is 0.0783 e. The minimum Gasteiger partial charge on any atom is -0.389 e. The number of aliphatic hydroxyl groups is 1. The van der Waals surface area contributed by atoms with Crippen molar-refractivity contribution >= 4 is 0 Å². The Labute approximate surface area is 88.1 Å². The molecule has 0 amide bonds. The highest BCUT2D eigenvalue weighted by Gasteiger charge is 2.29. The molecule has 0 radical (unpaired) electrons. The zero-order valence-corrected chi connectivity index (χ0v) is 9.52. The molecule has 84 valence electrons. The summed E-state index contributed by atoms with van der Waals surface area (Å²) >= 11 is 0. The summed E-state index contributed by atoms with van der Waals surface area (Å²) in [6, 6.07) is 0. The summed E-state index contributed by atoms with van der Waals surface area (Å²) in [6.07, 6.45) is 9.82. The van der Waals surface area contributed by atoms with Crippen LogP contribution in [0.1, 0.15) is 58.3 Å². The predicted octanol–water partition coefficient (Wildman–Crippen LogP) is 2.46. The zero-order chi connectivity index (χ0) is 10.3. The van der Waals surface area contributed by atoms with Crippen LogP contribution in [0.2, 0.25) is 0 Å². The van der Waals surface area contributed by atoms with Crippen molar-refractivity contribution in [2.45, 2.75) is 63.9 Å². The van der Waals surface area contributed by atoms with E-state index in [4.69, 9.17) is 0 Å². The first-order valence-electron chi connectivity index (χ1n) is 6.20.